The van der Waals surface area contributed by atoms with Crippen molar-refractivity contribution in [2.45, 2.75) is 18.4 Å². The lowest BCUT2D eigenvalue weighted by atomic mass is 10.3. The van der Waals surface area contributed by atoms with Crippen molar-refractivity contribution < 1.29 is 13.2 Å². The Kier molecular flexibility index (Phi) is 4.39. The number of nitrogens with two attached hydrogens (primary N) is 1. The number of nitrogen functional groups attached to an aromatic ring is 1. The van der Waals surface area contributed by atoms with Crippen molar-refractivity contribution in [2.24, 2.45) is 0 Å². The lowest BCUT2D eigenvalue weighted by Gasteiger charge is -2.10. The molecule has 0 spiro atoms. The fourth-order valence-electron chi connectivity index (χ4n) is 1.75. The second kappa shape index (κ2) is 6.06. The highest BCUT2D eigenvalue weighted by molar-refractivity contribution is 7.89. The van der Waals surface area contributed by atoms with E-state index in [0.29, 0.717) is 17.3 Å². The molecule has 0 radical (unpaired) electrons. The molecule has 0 aliphatic heterocycles. The zero-order chi connectivity index (χ0) is 15.5. The van der Waals surface area contributed by atoms with Gasteiger partial charge in [-0.2, -0.15) is 0 Å². The van der Waals surface area contributed by atoms with Gasteiger partial charge in [0, 0.05) is 12.3 Å². The average Bonchev–Trinajstić information content (AvgIpc) is 2.45. The SMILES string of the molecule is COc1ccc(S(=O)(=O)NCc2ccnc(C)n2)c(N)c1. The minimum Gasteiger partial charge on any atom is -0.497 e. The number of nitrogens with zero attached hydrogens (tertiary/aromatic N) is 2. The van der Waals surface area contributed by atoms with E-state index in [1.54, 1.807) is 25.3 Å². The first-order chi connectivity index (χ1) is 9.92. The molecule has 2 aromatic rings. The maximum Gasteiger partial charge on any atom is 0.242 e. The van der Waals surface area contributed by atoms with Crippen molar-refractivity contribution >= 4 is 15.7 Å². The quantitative estimate of drug-likeness (QED) is 0.793. The van der Waals surface area contributed by atoms with E-state index in [1.807, 2.05) is 0 Å². The molecule has 2 rings (SSSR count). The number of rotatable bonds is 5. The van der Waals surface area contributed by atoms with Crippen LogP contribution < -0.4 is 15.2 Å². The third-order valence-corrected chi connectivity index (χ3v) is 4.26. The fraction of sp³-hybridized carbons (Fsp3) is 0.231. The number of aromatic nitrogens is 2. The van der Waals surface area contributed by atoms with Crippen molar-refractivity contribution in [3.8, 4) is 5.75 Å². The predicted octanol–water partition coefficient (Wildman–Crippen LogP) is 0.854. The summed E-state index contributed by atoms with van der Waals surface area (Å²) >= 11 is 0. The van der Waals surface area contributed by atoms with Gasteiger partial charge in [0.1, 0.15) is 16.5 Å². The summed E-state index contributed by atoms with van der Waals surface area (Å²) in [6.45, 7) is 1.80. The van der Waals surface area contributed by atoms with E-state index in [-0.39, 0.29) is 17.1 Å². The summed E-state index contributed by atoms with van der Waals surface area (Å²) in [7, 11) is -2.23. The molecule has 0 unspecified atom stereocenters. The molecule has 21 heavy (non-hydrogen) atoms. The Bertz CT molecular complexity index is 747. The van der Waals surface area contributed by atoms with E-state index >= 15 is 0 Å². The van der Waals surface area contributed by atoms with E-state index in [1.165, 1.54) is 19.2 Å². The molecule has 0 fully saturated rings. The molecule has 7 nitrogen and oxygen atoms in total. The molecule has 8 heteroatoms. The summed E-state index contributed by atoms with van der Waals surface area (Å²) in [4.78, 5) is 8.09. The first-order valence-electron chi connectivity index (χ1n) is 6.14. The maximum atomic E-state index is 12.2. The van der Waals surface area contributed by atoms with Crippen molar-refractivity contribution in [1.82, 2.24) is 14.7 Å². The number of ether oxygens (including phenoxy) is 1. The summed E-state index contributed by atoms with van der Waals surface area (Å²) < 4.78 is 31.9. The van der Waals surface area contributed by atoms with Gasteiger partial charge in [-0.05, 0) is 25.1 Å². The fourth-order valence-corrected chi connectivity index (χ4v) is 2.86. The van der Waals surface area contributed by atoms with E-state index in [4.69, 9.17) is 10.5 Å². The Morgan fingerprint density at radius 2 is 2.10 bits per heavy atom. The molecular formula is C13H16N4O3S. The Hall–Kier alpha value is -2.19. The highest BCUT2D eigenvalue weighted by atomic mass is 32.2. The molecule has 0 saturated heterocycles. The van der Waals surface area contributed by atoms with Crippen LogP contribution in [0.4, 0.5) is 5.69 Å². The van der Waals surface area contributed by atoms with Crippen LogP contribution in [0.2, 0.25) is 0 Å². The molecule has 1 aromatic carbocycles. The minimum atomic E-state index is -3.72. The zero-order valence-corrected chi connectivity index (χ0v) is 12.5. The Morgan fingerprint density at radius 1 is 1.33 bits per heavy atom. The summed E-state index contributed by atoms with van der Waals surface area (Å²) in [5.41, 5.74) is 6.46. The third-order valence-electron chi connectivity index (χ3n) is 2.78. The van der Waals surface area contributed by atoms with E-state index < -0.39 is 10.0 Å². The lowest BCUT2D eigenvalue weighted by molar-refractivity contribution is 0.414. The average molecular weight is 308 g/mol. The monoisotopic (exact) mass is 308 g/mol. The van der Waals surface area contributed by atoms with E-state index in [2.05, 4.69) is 14.7 Å². The molecule has 3 N–H and O–H groups in total. The second-order valence-electron chi connectivity index (χ2n) is 4.32. The first-order valence-corrected chi connectivity index (χ1v) is 7.62. The van der Waals surface area contributed by atoms with Crippen LogP contribution in [-0.4, -0.2) is 25.5 Å². The van der Waals surface area contributed by atoms with Gasteiger partial charge in [0.05, 0.1) is 25.0 Å². The topological polar surface area (TPSA) is 107 Å². The minimum absolute atomic E-state index is 0.00841. The number of aryl methyl sites for hydroxylation is 1. The summed E-state index contributed by atoms with van der Waals surface area (Å²) in [5, 5.41) is 0. The van der Waals surface area contributed by atoms with Gasteiger partial charge in [0.15, 0.2) is 0 Å². The number of anilines is 1. The molecular weight excluding hydrogens is 292 g/mol. The molecule has 0 bridgehead atoms. The van der Waals surface area contributed by atoms with Gasteiger partial charge in [0.25, 0.3) is 0 Å². The highest BCUT2D eigenvalue weighted by Gasteiger charge is 2.17. The van der Waals surface area contributed by atoms with Crippen LogP contribution >= 0.6 is 0 Å². The van der Waals surface area contributed by atoms with Crippen molar-refractivity contribution in [2.75, 3.05) is 12.8 Å². The summed E-state index contributed by atoms with van der Waals surface area (Å²) in [5.74, 6) is 1.08. The van der Waals surface area contributed by atoms with Gasteiger partial charge >= 0.3 is 0 Å². The Balaban J connectivity index is 2.19. The lowest BCUT2D eigenvalue weighted by Crippen LogP contribution is -2.24. The Labute approximate surface area is 123 Å². The number of hydrogen-bond acceptors (Lipinski definition) is 6. The van der Waals surface area contributed by atoms with Gasteiger partial charge in [-0.25, -0.2) is 23.1 Å². The molecule has 1 heterocycles. The maximum absolute atomic E-state index is 12.2. The van der Waals surface area contributed by atoms with E-state index in [0.717, 1.165) is 0 Å². The number of sulfonamides is 1. The van der Waals surface area contributed by atoms with E-state index in [9.17, 15) is 8.42 Å². The van der Waals surface area contributed by atoms with Crippen LogP contribution in [-0.2, 0) is 16.6 Å². The first kappa shape index (κ1) is 15.2. The Morgan fingerprint density at radius 3 is 2.71 bits per heavy atom. The van der Waals surface area contributed by atoms with Gasteiger partial charge in [-0.1, -0.05) is 0 Å². The summed E-state index contributed by atoms with van der Waals surface area (Å²) in [6, 6.07) is 6.05. The molecule has 0 atom stereocenters. The van der Waals surface area contributed by atoms with Crippen LogP contribution in [0, 0.1) is 6.92 Å². The molecule has 0 amide bonds. The van der Waals surface area contributed by atoms with Crippen molar-refractivity contribution in [3.05, 3.63) is 42.0 Å². The zero-order valence-electron chi connectivity index (χ0n) is 11.7. The van der Waals surface area contributed by atoms with Crippen LogP contribution in [0.15, 0.2) is 35.4 Å². The molecule has 112 valence electrons. The third kappa shape index (κ3) is 3.67. The molecule has 0 saturated carbocycles. The van der Waals surface area contributed by atoms with Crippen LogP contribution in [0.1, 0.15) is 11.5 Å². The highest BCUT2D eigenvalue weighted by Crippen LogP contribution is 2.23. The van der Waals surface area contributed by atoms with Crippen LogP contribution in [0.3, 0.4) is 0 Å². The molecule has 0 aliphatic rings. The number of nitrogens with one attached hydrogen (secondary N) is 1. The van der Waals surface area contributed by atoms with Gasteiger partial charge < -0.3 is 10.5 Å². The summed E-state index contributed by atoms with van der Waals surface area (Å²) in [6.07, 6.45) is 1.58. The van der Waals surface area contributed by atoms with Crippen molar-refractivity contribution in [1.29, 1.82) is 0 Å². The van der Waals surface area contributed by atoms with Gasteiger partial charge in [-0.3, -0.25) is 0 Å². The predicted molar refractivity (Wildman–Crippen MR) is 78.2 cm³/mol. The molecule has 1 aromatic heterocycles. The number of hydrogen-bond donors (Lipinski definition) is 2. The normalized spacial score (nSPS) is 11.3. The number of benzene rings is 1. The van der Waals surface area contributed by atoms with Crippen LogP contribution in [0.25, 0.3) is 0 Å². The van der Waals surface area contributed by atoms with Gasteiger partial charge in [-0.15, -0.1) is 0 Å². The smallest absolute Gasteiger partial charge is 0.242 e. The molecule has 0 aliphatic carbocycles. The van der Waals surface area contributed by atoms with Gasteiger partial charge in [0.2, 0.25) is 10.0 Å². The van der Waals surface area contributed by atoms with Crippen LogP contribution in [0.5, 0.6) is 5.75 Å². The largest absolute Gasteiger partial charge is 0.497 e. The van der Waals surface area contributed by atoms with Crippen molar-refractivity contribution in [3.63, 3.8) is 0 Å². The second-order valence-corrected chi connectivity index (χ2v) is 6.06. The standard InChI is InChI=1S/C13H16N4O3S/c1-9-15-6-5-10(17-9)8-16-21(18,19)13-4-3-11(20-2)7-12(13)14/h3-7,16H,8,14H2,1-2H3. The number of methoxy groups -OCH3 is 1.